The number of hydrogen-bond acceptors (Lipinski definition) is 6. The van der Waals surface area contributed by atoms with Crippen LogP contribution in [-0.2, 0) is 20.9 Å². The van der Waals surface area contributed by atoms with Crippen molar-refractivity contribution in [2.24, 2.45) is 0 Å². The fourth-order valence-electron chi connectivity index (χ4n) is 1.45. The summed E-state index contributed by atoms with van der Waals surface area (Å²) in [6.07, 6.45) is 1.29. The Morgan fingerprint density at radius 1 is 1.43 bits per heavy atom. The van der Waals surface area contributed by atoms with Crippen LogP contribution in [0.3, 0.4) is 0 Å². The highest BCUT2D eigenvalue weighted by Gasteiger charge is 2.21. The lowest BCUT2D eigenvalue weighted by Gasteiger charge is -2.13. The number of nitro groups is 1. The van der Waals surface area contributed by atoms with Crippen LogP contribution in [0.25, 0.3) is 0 Å². The first-order valence-corrected chi connectivity index (χ1v) is 5.70. The van der Waals surface area contributed by atoms with Crippen molar-refractivity contribution >= 4 is 23.5 Å². The number of aliphatic carboxylic acids is 2. The molecule has 11 nitrogen and oxygen atoms in total. The maximum atomic E-state index is 11.6. The topological polar surface area (TPSA) is 165 Å². The molecule has 1 aromatic heterocycles. The lowest BCUT2D eigenvalue weighted by atomic mass is 10.1. The van der Waals surface area contributed by atoms with Gasteiger partial charge in [0.05, 0.1) is 4.92 Å². The van der Waals surface area contributed by atoms with Gasteiger partial charge < -0.3 is 15.5 Å². The molecule has 0 saturated carbocycles. The average molecular weight is 300 g/mol. The van der Waals surface area contributed by atoms with Crippen molar-refractivity contribution in [2.45, 2.75) is 25.4 Å². The minimum absolute atomic E-state index is 0.268. The Labute approximate surface area is 117 Å². The summed E-state index contributed by atoms with van der Waals surface area (Å²) in [4.78, 5) is 42.6. The van der Waals surface area contributed by atoms with E-state index in [0.717, 1.165) is 17.1 Å². The van der Waals surface area contributed by atoms with E-state index in [0.29, 0.717) is 0 Å². The minimum atomic E-state index is -1.36. The molecule has 114 valence electrons. The van der Waals surface area contributed by atoms with Crippen LogP contribution in [0.2, 0.25) is 0 Å². The van der Waals surface area contributed by atoms with Gasteiger partial charge in [-0.2, -0.15) is 5.10 Å². The van der Waals surface area contributed by atoms with E-state index in [1.54, 1.807) is 0 Å². The van der Waals surface area contributed by atoms with E-state index in [2.05, 4.69) is 10.4 Å². The molecule has 0 fully saturated rings. The zero-order chi connectivity index (χ0) is 16.0. The summed E-state index contributed by atoms with van der Waals surface area (Å²) in [5.74, 6) is -3.29. The normalized spacial score (nSPS) is 11.6. The highest BCUT2D eigenvalue weighted by molar-refractivity contribution is 5.83. The molecule has 3 N–H and O–H groups in total. The highest BCUT2D eigenvalue weighted by atomic mass is 16.6. The fraction of sp³-hybridized carbons (Fsp3) is 0.400. The molecule has 1 atom stereocenters. The Hall–Kier alpha value is -2.98. The lowest BCUT2D eigenvalue weighted by Crippen LogP contribution is -2.42. The Kier molecular flexibility index (Phi) is 5.34. The second-order valence-corrected chi connectivity index (χ2v) is 4.04. The van der Waals surface area contributed by atoms with Gasteiger partial charge in [-0.1, -0.05) is 0 Å². The predicted molar refractivity (Wildman–Crippen MR) is 65.3 cm³/mol. The first kappa shape index (κ1) is 16.1. The van der Waals surface area contributed by atoms with E-state index in [1.807, 2.05) is 0 Å². The quantitative estimate of drug-likeness (QED) is 0.415. The molecule has 0 aliphatic carbocycles. The molecule has 0 radical (unpaired) electrons. The molecule has 0 spiro atoms. The van der Waals surface area contributed by atoms with Crippen LogP contribution in [0.5, 0.6) is 0 Å². The number of rotatable bonds is 8. The van der Waals surface area contributed by atoms with Gasteiger partial charge in [0.15, 0.2) is 0 Å². The average Bonchev–Trinajstić information content (AvgIpc) is 2.82. The molecule has 21 heavy (non-hydrogen) atoms. The SMILES string of the molecule is O=C(O)CCC(NC(=O)Cn1cc([N+](=O)[O-])cn1)C(=O)O. The van der Waals surface area contributed by atoms with E-state index in [-0.39, 0.29) is 12.1 Å². The third kappa shape index (κ3) is 5.26. The molecule has 0 saturated heterocycles. The van der Waals surface area contributed by atoms with E-state index < -0.39 is 41.8 Å². The summed E-state index contributed by atoms with van der Waals surface area (Å²) < 4.78 is 0.976. The van der Waals surface area contributed by atoms with Gasteiger partial charge in [-0.3, -0.25) is 24.4 Å². The highest BCUT2D eigenvalue weighted by Crippen LogP contribution is 2.07. The Balaban J connectivity index is 2.58. The summed E-state index contributed by atoms with van der Waals surface area (Å²) in [5, 5.41) is 33.5. The molecular weight excluding hydrogens is 288 g/mol. The zero-order valence-electron chi connectivity index (χ0n) is 10.6. The molecular formula is C10H12N4O7. The minimum Gasteiger partial charge on any atom is -0.481 e. The summed E-state index contributed by atoms with van der Waals surface area (Å²) in [6.45, 7) is -0.412. The van der Waals surface area contributed by atoms with Crippen LogP contribution < -0.4 is 5.32 Å². The van der Waals surface area contributed by atoms with Crippen molar-refractivity contribution < 1.29 is 29.5 Å². The number of aromatic nitrogens is 2. The summed E-state index contributed by atoms with van der Waals surface area (Å²) >= 11 is 0. The molecule has 0 aliphatic heterocycles. The molecule has 1 heterocycles. The van der Waals surface area contributed by atoms with Gasteiger partial charge in [0.25, 0.3) is 0 Å². The molecule has 0 bridgehead atoms. The molecule has 1 amide bonds. The molecule has 1 aromatic rings. The third-order valence-electron chi connectivity index (χ3n) is 2.42. The smallest absolute Gasteiger partial charge is 0.326 e. The van der Waals surface area contributed by atoms with E-state index in [1.165, 1.54) is 0 Å². The second-order valence-electron chi connectivity index (χ2n) is 4.04. The Morgan fingerprint density at radius 3 is 2.57 bits per heavy atom. The Bertz CT molecular complexity index is 568. The number of amides is 1. The van der Waals surface area contributed by atoms with Gasteiger partial charge in [0.2, 0.25) is 5.91 Å². The third-order valence-corrected chi connectivity index (χ3v) is 2.42. The van der Waals surface area contributed by atoms with Crippen LogP contribution in [0, 0.1) is 10.1 Å². The van der Waals surface area contributed by atoms with Crippen LogP contribution in [0.4, 0.5) is 5.69 Å². The number of nitrogens with one attached hydrogen (secondary N) is 1. The standard InChI is InChI=1S/C10H12N4O7/c15-8(5-13-4-6(3-11-13)14(20)21)12-7(10(18)19)1-2-9(16)17/h3-4,7H,1-2,5H2,(H,12,15)(H,16,17)(H,18,19). The molecule has 1 rings (SSSR count). The van der Waals surface area contributed by atoms with Gasteiger partial charge in [0.1, 0.15) is 25.0 Å². The van der Waals surface area contributed by atoms with Crippen molar-refractivity contribution in [3.05, 3.63) is 22.5 Å². The van der Waals surface area contributed by atoms with Crippen LogP contribution >= 0.6 is 0 Å². The number of carbonyl (C=O) groups is 3. The number of nitrogens with zero attached hydrogens (tertiary/aromatic N) is 3. The maximum absolute atomic E-state index is 11.6. The lowest BCUT2D eigenvalue weighted by molar-refractivity contribution is -0.385. The summed E-state index contributed by atoms with van der Waals surface area (Å²) in [5.41, 5.74) is -0.302. The van der Waals surface area contributed by atoms with Gasteiger partial charge in [-0.05, 0) is 6.42 Å². The number of hydrogen-bond donors (Lipinski definition) is 3. The van der Waals surface area contributed by atoms with Crippen molar-refractivity contribution in [2.75, 3.05) is 0 Å². The van der Waals surface area contributed by atoms with E-state index in [4.69, 9.17) is 10.2 Å². The number of carboxylic acid groups (broad SMARTS) is 2. The van der Waals surface area contributed by atoms with Crippen LogP contribution in [0.15, 0.2) is 12.4 Å². The summed E-state index contributed by atoms with van der Waals surface area (Å²) in [6, 6.07) is -1.35. The van der Waals surface area contributed by atoms with Gasteiger partial charge in [-0.15, -0.1) is 0 Å². The van der Waals surface area contributed by atoms with E-state index in [9.17, 15) is 24.5 Å². The summed E-state index contributed by atoms with van der Waals surface area (Å²) in [7, 11) is 0. The molecule has 1 unspecified atom stereocenters. The molecule has 0 aromatic carbocycles. The zero-order valence-corrected chi connectivity index (χ0v) is 10.6. The largest absolute Gasteiger partial charge is 0.481 e. The van der Waals surface area contributed by atoms with Crippen molar-refractivity contribution in [3.63, 3.8) is 0 Å². The van der Waals surface area contributed by atoms with Gasteiger partial charge in [-0.25, -0.2) is 4.79 Å². The number of carbonyl (C=O) groups excluding carboxylic acids is 1. The van der Waals surface area contributed by atoms with Crippen LogP contribution in [-0.4, -0.2) is 48.8 Å². The van der Waals surface area contributed by atoms with Gasteiger partial charge in [0, 0.05) is 6.42 Å². The number of carboxylic acids is 2. The first-order chi connectivity index (χ1) is 9.79. The second kappa shape index (κ2) is 6.98. The maximum Gasteiger partial charge on any atom is 0.326 e. The Morgan fingerprint density at radius 2 is 2.10 bits per heavy atom. The fourth-order valence-corrected chi connectivity index (χ4v) is 1.45. The van der Waals surface area contributed by atoms with Crippen LogP contribution in [0.1, 0.15) is 12.8 Å². The first-order valence-electron chi connectivity index (χ1n) is 5.70. The van der Waals surface area contributed by atoms with E-state index >= 15 is 0 Å². The van der Waals surface area contributed by atoms with Crippen molar-refractivity contribution in [3.8, 4) is 0 Å². The van der Waals surface area contributed by atoms with Crippen molar-refractivity contribution in [1.82, 2.24) is 15.1 Å². The van der Waals surface area contributed by atoms with Crippen molar-refractivity contribution in [1.29, 1.82) is 0 Å². The molecule has 0 aliphatic rings. The molecule has 11 heteroatoms. The van der Waals surface area contributed by atoms with Gasteiger partial charge >= 0.3 is 17.6 Å². The predicted octanol–water partition coefficient (Wildman–Crippen LogP) is -0.775. The monoisotopic (exact) mass is 300 g/mol.